The van der Waals surface area contributed by atoms with Crippen molar-refractivity contribution >= 4 is 5.91 Å². The van der Waals surface area contributed by atoms with Gasteiger partial charge in [-0.05, 0) is 41.5 Å². The highest BCUT2D eigenvalue weighted by atomic mass is 16.1. The Labute approximate surface area is 93.5 Å². The van der Waals surface area contributed by atoms with Crippen LogP contribution in [0.4, 0.5) is 0 Å². The van der Waals surface area contributed by atoms with Gasteiger partial charge in [-0.25, -0.2) is 0 Å². The van der Waals surface area contributed by atoms with E-state index in [4.69, 9.17) is 0 Å². The largest absolute Gasteiger partial charge is 0.337 e. The summed E-state index contributed by atoms with van der Waals surface area (Å²) in [5, 5.41) is 2.93. The van der Waals surface area contributed by atoms with Crippen molar-refractivity contribution in [1.82, 2.24) is 10.2 Å². The van der Waals surface area contributed by atoms with Crippen LogP contribution in [0.15, 0.2) is 12.2 Å². The average Bonchev–Trinajstić information content (AvgIpc) is 2.01. The van der Waals surface area contributed by atoms with E-state index in [2.05, 4.69) is 44.5 Å². The lowest BCUT2D eigenvalue weighted by Gasteiger charge is -2.36. The topological polar surface area (TPSA) is 32.3 Å². The molecule has 0 saturated carbocycles. The minimum atomic E-state index is -0.0752. The standard InChI is InChI=1S/C12H24N2O/c1-8(2)12(15)13-11(7)14(9(3)4)10(5)6/h9-11H,1H2,2-7H3,(H,13,15). The number of rotatable bonds is 5. The normalized spacial score (nSPS) is 13.4. The third-order valence-electron chi connectivity index (χ3n) is 2.37. The van der Waals surface area contributed by atoms with E-state index in [-0.39, 0.29) is 12.1 Å². The molecule has 1 unspecified atom stereocenters. The Morgan fingerprint density at radius 1 is 1.13 bits per heavy atom. The number of carbonyl (C=O) groups excluding carboxylic acids is 1. The van der Waals surface area contributed by atoms with Gasteiger partial charge in [-0.2, -0.15) is 0 Å². The molecular weight excluding hydrogens is 188 g/mol. The molecule has 3 nitrogen and oxygen atoms in total. The Bertz CT molecular complexity index is 226. The zero-order valence-electron chi connectivity index (χ0n) is 10.8. The van der Waals surface area contributed by atoms with Gasteiger partial charge in [0.05, 0.1) is 6.17 Å². The second kappa shape index (κ2) is 5.91. The van der Waals surface area contributed by atoms with E-state index in [1.165, 1.54) is 0 Å². The van der Waals surface area contributed by atoms with E-state index in [9.17, 15) is 4.79 Å². The zero-order chi connectivity index (χ0) is 12.2. The first-order chi connectivity index (χ1) is 6.77. The smallest absolute Gasteiger partial charge is 0.247 e. The summed E-state index contributed by atoms with van der Waals surface area (Å²) in [6.45, 7) is 15.9. The Hall–Kier alpha value is -0.830. The molecule has 15 heavy (non-hydrogen) atoms. The van der Waals surface area contributed by atoms with Gasteiger partial charge < -0.3 is 5.32 Å². The van der Waals surface area contributed by atoms with Crippen LogP contribution in [-0.2, 0) is 4.79 Å². The number of carbonyl (C=O) groups is 1. The van der Waals surface area contributed by atoms with Gasteiger partial charge in [0.25, 0.3) is 0 Å². The summed E-state index contributed by atoms with van der Waals surface area (Å²) in [7, 11) is 0. The van der Waals surface area contributed by atoms with Crippen molar-refractivity contribution in [3.8, 4) is 0 Å². The summed E-state index contributed by atoms with van der Waals surface area (Å²) in [5.41, 5.74) is 0.550. The molecule has 1 N–H and O–H groups in total. The van der Waals surface area contributed by atoms with Crippen molar-refractivity contribution in [3.63, 3.8) is 0 Å². The second-order valence-electron chi connectivity index (χ2n) is 4.56. The first kappa shape index (κ1) is 14.2. The molecule has 0 aromatic carbocycles. The van der Waals surface area contributed by atoms with Crippen molar-refractivity contribution < 1.29 is 4.79 Å². The highest BCUT2D eigenvalue weighted by Crippen LogP contribution is 2.08. The molecule has 0 aromatic rings. The molecule has 88 valence electrons. The number of hydrogen-bond acceptors (Lipinski definition) is 2. The fourth-order valence-electron chi connectivity index (χ4n) is 1.88. The maximum Gasteiger partial charge on any atom is 0.247 e. The molecule has 1 atom stereocenters. The minimum Gasteiger partial charge on any atom is -0.337 e. The third kappa shape index (κ3) is 4.47. The number of amides is 1. The van der Waals surface area contributed by atoms with Gasteiger partial charge in [0.15, 0.2) is 0 Å². The molecule has 0 heterocycles. The number of nitrogens with one attached hydrogen (secondary N) is 1. The third-order valence-corrected chi connectivity index (χ3v) is 2.37. The van der Waals surface area contributed by atoms with Gasteiger partial charge in [-0.3, -0.25) is 9.69 Å². The lowest BCUT2D eigenvalue weighted by molar-refractivity contribution is -0.119. The van der Waals surface area contributed by atoms with Gasteiger partial charge in [-0.1, -0.05) is 6.58 Å². The Morgan fingerprint density at radius 3 is 1.80 bits per heavy atom. The second-order valence-corrected chi connectivity index (χ2v) is 4.56. The predicted molar refractivity (Wildman–Crippen MR) is 64.5 cm³/mol. The fraction of sp³-hybridized carbons (Fsp3) is 0.750. The highest BCUT2D eigenvalue weighted by molar-refractivity contribution is 5.92. The van der Waals surface area contributed by atoms with Crippen LogP contribution in [0.2, 0.25) is 0 Å². The maximum absolute atomic E-state index is 11.5. The summed E-state index contributed by atoms with van der Waals surface area (Å²) in [6.07, 6.45) is 0.0363. The molecule has 3 heteroatoms. The van der Waals surface area contributed by atoms with Crippen molar-refractivity contribution in [3.05, 3.63) is 12.2 Å². The van der Waals surface area contributed by atoms with Gasteiger partial charge in [0, 0.05) is 17.7 Å². The van der Waals surface area contributed by atoms with Crippen LogP contribution in [-0.4, -0.2) is 29.1 Å². The SMILES string of the molecule is C=C(C)C(=O)NC(C)N(C(C)C)C(C)C. The van der Waals surface area contributed by atoms with Crippen molar-refractivity contribution in [2.24, 2.45) is 0 Å². The first-order valence-electron chi connectivity index (χ1n) is 5.51. The molecule has 0 rings (SSSR count). The minimum absolute atomic E-state index is 0.0363. The Balaban J connectivity index is 4.45. The molecule has 0 aliphatic carbocycles. The van der Waals surface area contributed by atoms with Gasteiger partial charge in [-0.15, -0.1) is 0 Å². The summed E-state index contributed by atoms with van der Waals surface area (Å²) in [4.78, 5) is 13.7. The molecule has 1 amide bonds. The van der Waals surface area contributed by atoms with E-state index < -0.39 is 0 Å². The molecule has 0 aliphatic rings. The Kier molecular flexibility index (Phi) is 5.58. The maximum atomic E-state index is 11.5. The van der Waals surface area contributed by atoms with Crippen LogP contribution in [0, 0.1) is 0 Å². The molecule has 0 fully saturated rings. The van der Waals surface area contributed by atoms with Crippen molar-refractivity contribution in [2.75, 3.05) is 0 Å². The molecule has 0 radical (unpaired) electrons. The molecule has 0 saturated heterocycles. The van der Waals surface area contributed by atoms with E-state index in [1.54, 1.807) is 6.92 Å². The lowest BCUT2D eigenvalue weighted by Crippen LogP contribution is -2.52. The van der Waals surface area contributed by atoms with Gasteiger partial charge in [0.2, 0.25) is 5.91 Å². The van der Waals surface area contributed by atoms with E-state index in [0.717, 1.165) is 0 Å². The molecule has 0 bridgehead atoms. The summed E-state index contributed by atoms with van der Waals surface area (Å²) in [6, 6.07) is 0.816. The van der Waals surface area contributed by atoms with Gasteiger partial charge >= 0.3 is 0 Å². The molecule has 0 aliphatic heterocycles. The number of hydrogen-bond donors (Lipinski definition) is 1. The molecule has 0 spiro atoms. The monoisotopic (exact) mass is 212 g/mol. The van der Waals surface area contributed by atoms with Gasteiger partial charge in [0.1, 0.15) is 0 Å². The molecule has 0 aromatic heterocycles. The summed E-state index contributed by atoms with van der Waals surface area (Å²) >= 11 is 0. The van der Waals surface area contributed by atoms with Crippen LogP contribution in [0.1, 0.15) is 41.5 Å². The molecular formula is C12H24N2O. The van der Waals surface area contributed by atoms with Crippen molar-refractivity contribution in [1.29, 1.82) is 0 Å². The predicted octanol–water partition coefficient (Wildman–Crippen LogP) is 2.14. The zero-order valence-corrected chi connectivity index (χ0v) is 10.8. The first-order valence-corrected chi connectivity index (χ1v) is 5.51. The van der Waals surface area contributed by atoms with Crippen LogP contribution in [0.5, 0.6) is 0 Å². The fourth-order valence-corrected chi connectivity index (χ4v) is 1.88. The van der Waals surface area contributed by atoms with E-state index in [0.29, 0.717) is 17.7 Å². The summed E-state index contributed by atoms with van der Waals surface area (Å²) < 4.78 is 0. The van der Waals surface area contributed by atoms with Crippen LogP contribution >= 0.6 is 0 Å². The quantitative estimate of drug-likeness (QED) is 0.559. The Morgan fingerprint density at radius 2 is 1.53 bits per heavy atom. The highest BCUT2D eigenvalue weighted by Gasteiger charge is 2.21. The van der Waals surface area contributed by atoms with E-state index in [1.807, 2.05) is 6.92 Å². The van der Waals surface area contributed by atoms with Crippen molar-refractivity contribution in [2.45, 2.75) is 59.8 Å². The van der Waals surface area contributed by atoms with Crippen LogP contribution in [0.25, 0.3) is 0 Å². The number of nitrogens with zero attached hydrogens (tertiary/aromatic N) is 1. The summed E-state index contributed by atoms with van der Waals surface area (Å²) in [5.74, 6) is -0.0752. The lowest BCUT2D eigenvalue weighted by atomic mass is 10.2. The van der Waals surface area contributed by atoms with E-state index >= 15 is 0 Å². The average molecular weight is 212 g/mol. The van der Waals surface area contributed by atoms with Crippen LogP contribution in [0.3, 0.4) is 0 Å². The van der Waals surface area contributed by atoms with Crippen LogP contribution < -0.4 is 5.32 Å².